The van der Waals surface area contributed by atoms with E-state index in [9.17, 15) is 18.0 Å². The Bertz CT molecular complexity index is 559. The van der Waals surface area contributed by atoms with E-state index in [0.717, 1.165) is 25.1 Å². The van der Waals surface area contributed by atoms with Gasteiger partial charge < -0.3 is 11.1 Å². The lowest BCUT2D eigenvalue weighted by atomic mass is 9.98. The molecule has 4 nitrogen and oxygen atoms in total. The smallest absolute Gasteiger partial charge is 0.218 e. The average molecular weight is 329 g/mol. The van der Waals surface area contributed by atoms with E-state index in [2.05, 4.69) is 10.2 Å². The van der Waals surface area contributed by atoms with Gasteiger partial charge in [0.05, 0.1) is 6.04 Å². The van der Waals surface area contributed by atoms with Crippen molar-refractivity contribution in [2.24, 2.45) is 5.73 Å². The summed E-state index contributed by atoms with van der Waals surface area (Å²) < 4.78 is 40.3. The van der Waals surface area contributed by atoms with E-state index in [-0.39, 0.29) is 24.5 Å². The third-order valence-electron chi connectivity index (χ3n) is 4.26. The summed E-state index contributed by atoms with van der Waals surface area (Å²) in [6, 6.07) is 1.58. The lowest BCUT2D eigenvalue weighted by Crippen LogP contribution is -2.42. The van der Waals surface area contributed by atoms with E-state index in [1.165, 1.54) is 0 Å². The number of carbonyl (C=O) groups is 1. The number of primary amides is 1. The lowest BCUT2D eigenvalue weighted by molar-refractivity contribution is -0.118. The standard InChI is InChI=1S/C16H22F3N3O/c1-3-22-5-4-13(21-9(2)6-14(20)23)16(22)10-7-11(17)15(19)12(18)8-10/h7-9,13,16,21H,3-6H2,1-2H3,(H2,20,23)/t9-,13-,16-/m0/s1. The first kappa shape index (κ1) is 17.7. The molecule has 0 radical (unpaired) electrons. The molecular formula is C16H22F3N3O. The van der Waals surface area contributed by atoms with Gasteiger partial charge >= 0.3 is 0 Å². The highest BCUT2D eigenvalue weighted by Gasteiger charge is 2.36. The molecule has 3 atom stereocenters. The fourth-order valence-corrected chi connectivity index (χ4v) is 3.30. The monoisotopic (exact) mass is 329 g/mol. The molecule has 0 aromatic heterocycles. The van der Waals surface area contributed by atoms with Crippen LogP contribution in [-0.4, -0.2) is 36.0 Å². The number of likely N-dealkylation sites (tertiary alicyclic amines) is 1. The summed E-state index contributed by atoms with van der Waals surface area (Å²) in [5.41, 5.74) is 5.59. The minimum absolute atomic E-state index is 0.0893. The summed E-state index contributed by atoms with van der Waals surface area (Å²) in [6.45, 7) is 5.25. The second kappa shape index (κ2) is 7.31. The maximum absolute atomic E-state index is 13.6. The van der Waals surface area contributed by atoms with E-state index in [4.69, 9.17) is 5.73 Å². The normalized spacial score (nSPS) is 23.2. The Morgan fingerprint density at radius 1 is 1.39 bits per heavy atom. The first-order valence-electron chi connectivity index (χ1n) is 7.76. The van der Waals surface area contributed by atoms with Crippen LogP contribution >= 0.6 is 0 Å². The van der Waals surface area contributed by atoms with Crippen LogP contribution in [0.3, 0.4) is 0 Å². The van der Waals surface area contributed by atoms with Gasteiger partial charge in [0.25, 0.3) is 0 Å². The second-order valence-electron chi connectivity index (χ2n) is 6.01. The summed E-state index contributed by atoms with van der Waals surface area (Å²) in [6.07, 6.45) is 0.948. The van der Waals surface area contributed by atoms with Crippen molar-refractivity contribution in [2.75, 3.05) is 13.1 Å². The van der Waals surface area contributed by atoms with Crippen LogP contribution in [0.5, 0.6) is 0 Å². The van der Waals surface area contributed by atoms with Gasteiger partial charge in [-0.15, -0.1) is 0 Å². The van der Waals surface area contributed by atoms with Gasteiger partial charge in [0.1, 0.15) is 0 Å². The van der Waals surface area contributed by atoms with Crippen molar-refractivity contribution in [3.8, 4) is 0 Å². The Hall–Kier alpha value is -1.60. The fraction of sp³-hybridized carbons (Fsp3) is 0.562. The molecule has 1 aliphatic heterocycles. The molecule has 1 amide bonds. The van der Waals surface area contributed by atoms with Gasteiger partial charge in [-0.1, -0.05) is 6.92 Å². The molecule has 1 aliphatic rings. The number of hydrogen-bond donors (Lipinski definition) is 2. The third-order valence-corrected chi connectivity index (χ3v) is 4.26. The van der Waals surface area contributed by atoms with Gasteiger partial charge in [-0.2, -0.15) is 0 Å². The van der Waals surface area contributed by atoms with Crippen LogP contribution < -0.4 is 11.1 Å². The predicted molar refractivity (Wildman–Crippen MR) is 81.1 cm³/mol. The first-order chi connectivity index (χ1) is 10.8. The number of amides is 1. The van der Waals surface area contributed by atoms with Crippen molar-refractivity contribution in [3.63, 3.8) is 0 Å². The summed E-state index contributed by atoms with van der Waals surface area (Å²) in [5, 5.41) is 3.30. The van der Waals surface area contributed by atoms with Crippen LogP contribution in [0, 0.1) is 17.5 Å². The molecule has 0 spiro atoms. The summed E-state index contributed by atoms with van der Waals surface area (Å²) in [5.74, 6) is -4.24. The van der Waals surface area contributed by atoms with Crippen LogP contribution in [-0.2, 0) is 4.79 Å². The molecule has 1 saturated heterocycles. The number of nitrogens with two attached hydrogens (primary N) is 1. The number of rotatable bonds is 6. The zero-order chi connectivity index (χ0) is 17.1. The van der Waals surface area contributed by atoms with E-state index < -0.39 is 23.4 Å². The highest BCUT2D eigenvalue weighted by Crippen LogP contribution is 2.33. The predicted octanol–water partition coefficient (Wildman–Crippen LogP) is 2.09. The van der Waals surface area contributed by atoms with E-state index in [1.54, 1.807) is 0 Å². The quantitative estimate of drug-likeness (QED) is 0.786. The van der Waals surface area contributed by atoms with E-state index >= 15 is 0 Å². The number of benzene rings is 1. The largest absolute Gasteiger partial charge is 0.370 e. The Morgan fingerprint density at radius 2 is 2.00 bits per heavy atom. The highest BCUT2D eigenvalue weighted by molar-refractivity contribution is 5.74. The summed E-state index contributed by atoms with van der Waals surface area (Å²) >= 11 is 0. The van der Waals surface area contributed by atoms with E-state index in [0.29, 0.717) is 12.1 Å². The Morgan fingerprint density at radius 3 is 2.52 bits per heavy atom. The molecule has 0 unspecified atom stereocenters. The van der Waals surface area contributed by atoms with Gasteiger partial charge in [-0.25, -0.2) is 13.2 Å². The summed E-state index contributed by atoms with van der Waals surface area (Å²) in [4.78, 5) is 13.1. The van der Waals surface area contributed by atoms with Crippen LogP contribution in [0.25, 0.3) is 0 Å². The maximum atomic E-state index is 13.6. The molecule has 0 aliphatic carbocycles. The zero-order valence-electron chi connectivity index (χ0n) is 13.3. The van der Waals surface area contributed by atoms with Gasteiger partial charge in [0.15, 0.2) is 17.5 Å². The van der Waals surface area contributed by atoms with Crippen LogP contribution in [0.2, 0.25) is 0 Å². The highest BCUT2D eigenvalue weighted by atomic mass is 19.2. The van der Waals surface area contributed by atoms with Crippen molar-refractivity contribution in [1.82, 2.24) is 10.2 Å². The van der Waals surface area contributed by atoms with Crippen molar-refractivity contribution >= 4 is 5.91 Å². The molecule has 1 heterocycles. The zero-order valence-corrected chi connectivity index (χ0v) is 13.3. The molecule has 0 bridgehead atoms. The number of hydrogen-bond acceptors (Lipinski definition) is 3. The molecule has 2 rings (SSSR count). The van der Waals surface area contributed by atoms with Gasteiger partial charge in [0.2, 0.25) is 5.91 Å². The Labute approximate surface area is 133 Å². The van der Waals surface area contributed by atoms with Crippen LogP contribution in [0.1, 0.15) is 38.3 Å². The lowest BCUT2D eigenvalue weighted by Gasteiger charge is -2.30. The molecule has 3 N–H and O–H groups in total. The number of nitrogens with zero attached hydrogens (tertiary/aromatic N) is 1. The first-order valence-corrected chi connectivity index (χ1v) is 7.76. The molecule has 7 heteroatoms. The number of carbonyl (C=O) groups excluding carboxylic acids is 1. The number of halogens is 3. The van der Waals surface area contributed by atoms with Crippen molar-refractivity contribution < 1.29 is 18.0 Å². The molecule has 1 fully saturated rings. The fourth-order valence-electron chi connectivity index (χ4n) is 3.30. The van der Waals surface area contributed by atoms with Gasteiger partial charge in [-0.05, 0) is 37.6 Å². The van der Waals surface area contributed by atoms with Gasteiger partial charge in [-0.3, -0.25) is 9.69 Å². The molecule has 128 valence electrons. The van der Waals surface area contributed by atoms with Gasteiger partial charge in [0, 0.05) is 25.0 Å². The molecule has 1 aromatic carbocycles. The average Bonchev–Trinajstić information content (AvgIpc) is 2.85. The SMILES string of the molecule is CCN1CC[C@H](N[C@@H](C)CC(N)=O)[C@@H]1c1cc(F)c(F)c(F)c1. The third kappa shape index (κ3) is 4.03. The summed E-state index contributed by atoms with van der Waals surface area (Å²) in [7, 11) is 0. The molecule has 0 saturated carbocycles. The van der Waals surface area contributed by atoms with Crippen molar-refractivity contribution in [3.05, 3.63) is 35.1 Å². The molecule has 23 heavy (non-hydrogen) atoms. The second-order valence-corrected chi connectivity index (χ2v) is 6.01. The number of nitrogens with one attached hydrogen (secondary N) is 1. The topological polar surface area (TPSA) is 58.4 Å². The van der Waals surface area contributed by atoms with E-state index in [1.807, 2.05) is 13.8 Å². The van der Waals surface area contributed by atoms with Crippen LogP contribution in [0.4, 0.5) is 13.2 Å². The Kier molecular flexibility index (Phi) is 5.64. The molecule has 1 aromatic rings. The molecular weight excluding hydrogens is 307 g/mol. The van der Waals surface area contributed by atoms with Crippen molar-refractivity contribution in [1.29, 1.82) is 0 Å². The van der Waals surface area contributed by atoms with Crippen LogP contribution in [0.15, 0.2) is 12.1 Å². The minimum atomic E-state index is -1.46. The van der Waals surface area contributed by atoms with Crippen molar-refractivity contribution in [2.45, 2.75) is 44.8 Å². The number of likely N-dealkylation sites (N-methyl/N-ethyl adjacent to an activating group) is 1. The minimum Gasteiger partial charge on any atom is -0.370 e. The maximum Gasteiger partial charge on any atom is 0.218 e. The Balaban J connectivity index is 2.25.